The minimum atomic E-state index is -0.0287. The smallest absolute Gasteiger partial charge is 0.220 e. The van der Waals surface area contributed by atoms with Crippen LogP contribution in [0, 0.1) is 0 Å². The van der Waals surface area contributed by atoms with E-state index in [1.165, 1.54) is 0 Å². The molecule has 1 N–H and O–H groups in total. The molecule has 1 amide bonds. The number of aryl methyl sites for hydroxylation is 2. The van der Waals surface area contributed by atoms with Gasteiger partial charge < -0.3 is 14.8 Å². The zero-order valence-electron chi connectivity index (χ0n) is 11.5. The summed E-state index contributed by atoms with van der Waals surface area (Å²) in [7, 11) is 1.88. The van der Waals surface area contributed by atoms with Crippen LogP contribution in [0.1, 0.15) is 19.0 Å². The minimum absolute atomic E-state index is 0.0225. The van der Waals surface area contributed by atoms with Crippen LogP contribution in [-0.4, -0.2) is 47.7 Å². The van der Waals surface area contributed by atoms with Gasteiger partial charge in [0.25, 0.3) is 0 Å². The van der Waals surface area contributed by atoms with Crippen molar-refractivity contribution in [2.75, 3.05) is 19.8 Å². The van der Waals surface area contributed by atoms with Crippen molar-refractivity contribution in [1.82, 2.24) is 15.1 Å². The highest BCUT2D eigenvalue weighted by atomic mass is 16.5. The second-order valence-electron chi connectivity index (χ2n) is 4.65. The number of hydrogen-bond donors (Lipinski definition) is 1. The highest BCUT2D eigenvalue weighted by Crippen LogP contribution is 2.10. The molecule has 106 valence electrons. The molecular weight excluding hydrogens is 246 g/mol. The Bertz CT molecular complexity index is 419. The number of hydrogen-bond acceptors (Lipinski definition) is 4. The lowest BCUT2D eigenvalue weighted by Gasteiger charge is -2.18. The molecule has 19 heavy (non-hydrogen) atoms. The van der Waals surface area contributed by atoms with Crippen molar-refractivity contribution >= 4 is 5.91 Å². The second-order valence-corrected chi connectivity index (χ2v) is 4.65. The first-order chi connectivity index (χ1) is 9.20. The Morgan fingerprint density at radius 3 is 3.16 bits per heavy atom. The average Bonchev–Trinajstić information content (AvgIpc) is 2.97. The first-order valence-corrected chi connectivity index (χ1v) is 6.66. The highest BCUT2D eigenvalue weighted by Gasteiger charge is 2.29. The SMILES string of the molecule is CCO[C@H]1COC[C@@H]1NC(=O)CCc1ccnn1C. The third-order valence-electron chi connectivity index (χ3n) is 3.29. The van der Waals surface area contributed by atoms with E-state index in [0.29, 0.717) is 32.7 Å². The van der Waals surface area contributed by atoms with Gasteiger partial charge in [-0.2, -0.15) is 5.10 Å². The van der Waals surface area contributed by atoms with E-state index in [-0.39, 0.29) is 18.1 Å². The van der Waals surface area contributed by atoms with Crippen molar-refractivity contribution in [3.63, 3.8) is 0 Å². The summed E-state index contributed by atoms with van der Waals surface area (Å²) in [5.74, 6) is 0.0291. The van der Waals surface area contributed by atoms with Crippen LogP contribution in [0.3, 0.4) is 0 Å². The first kappa shape index (κ1) is 14.0. The van der Waals surface area contributed by atoms with Crippen LogP contribution in [-0.2, 0) is 27.7 Å². The van der Waals surface area contributed by atoms with Gasteiger partial charge in [0, 0.05) is 32.0 Å². The van der Waals surface area contributed by atoms with Gasteiger partial charge in [-0.25, -0.2) is 0 Å². The largest absolute Gasteiger partial charge is 0.376 e. The Hall–Kier alpha value is -1.40. The number of ether oxygens (including phenoxy) is 2. The molecule has 0 aromatic carbocycles. The molecule has 2 rings (SSSR count). The molecule has 0 aliphatic carbocycles. The molecule has 1 fully saturated rings. The quantitative estimate of drug-likeness (QED) is 0.803. The molecule has 6 heteroatoms. The van der Waals surface area contributed by atoms with Crippen LogP contribution in [0.4, 0.5) is 0 Å². The molecule has 0 bridgehead atoms. The molecule has 1 aromatic rings. The summed E-state index contributed by atoms with van der Waals surface area (Å²) in [5.41, 5.74) is 1.05. The Labute approximate surface area is 113 Å². The van der Waals surface area contributed by atoms with Crippen LogP contribution < -0.4 is 5.32 Å². The van der Waals surface area contributed by atoms with E-state index in [2.05, 4.69) is 10.4 Å². The van der Waals surface area contributed by atoms with E-state index >= 15 is 0 Å². The zero-order chi connectivity index (χ0) is 13.7. The van der Waals surface area contributed by atoms with E-state index in [1.807, 2.05) is 20.0 Å². The number of aromatic nitrogens is 2. The predicted molar refractivity (Wildman–Crippen MR) is 69.7 cm³/mol. The van der Waals surface area contributed by atoms with E-state index in [0.717, 1.165) is 5.69 Å². The van der Waals surface area contributed by atoms with Crippen molar-refractivity contribution in [3.05, 3.63) is 18.0 Å². The molecule has 2 atom stereocenters. The lowest BCUT2D eigenvalue weighted by Crippen LogP contribution is -2.43. The standard InChI is InChI=1S/C13H21N3O3/c1-3-19-12-9-18-8-11(12)15-13(17)5-4-10-6-7-14-16(10)2/h6-7,11-12H,3-5,8-9H2,1-2H3,(H,15,17)/t11-,12-/m0/s1. The average molecular weight is 267 g/mol. The molecule has 2 heterocycles. The molecule has 0 spiro atoms. The second kappa shape index (κ2) is 6.68. The van der Waals surface area contributed by atoms with E-state index < -0.39 is 0 Å². The van der Waals surface area contributed by atoms with Crippen LogP contribution in [0.5, 0.6) is 0 Å². The summed E-state index contributed by atoms with van der Waals surface area (Å²) in [6.45, 7) is 3.66. The minimum Gasteiger partial charge on any atom is -0.376 e. The Balaban J connectivity index is 1.76. The van der Waals surface area contributed by atoms with Gasteiger partial charge in [-0.15, -0.1) is 0 Å². The molecule has 6 nitrogen and oxygen atoms in total. The van der Waals surface area contributed by atoms with Crippen LogP contribution in [0.15, 0.2) is 12.3 Å². The first-order valence-electron chi connectivity index (χ1n) is 6.66. The van der Waals surface area contributed by atoms with Gasteiger partial charge in [-0.05, 0) is 19.4 Å². The number of nitrogens with zero attached hydrogens (tertiary/aromatic N) is 2. The van der Waals surface area contributed by atoms with E-state index in [1.54, 1.807) is 10.9 Å². The summed E-state index contributed by atoms with van der Waals surface area (Å²) in [5, 5.41) is 7.06. The Morgan fingerprint density at radius 1 is 1.63 bits per heavy atom. The predicted octanol–water partition coefficient (Wildman–Crippen LogP) is 0.273. The van der Waals surface area contributed by atoms with Crippen molar-refractivity contribution < 1.29 is 14.3 Å². The topological polar surface area (TPSA) is 65.4 Å². The maximum atomic E-state index is 11.9. The molecule has 0 saturated carbocycles. The fourth-order valence-electron chi connectivity index (χ4n) is 2.21. The maximum Gasteiger partial charge on any atom is 0.220 e. The van der Waals surface area contributed by atoms with Gasteiger partial charge in [0.15, 0.2) is 0 Å². The summed E-state index contributed by atoms with van der Waals surface area (Å²) >= 11 is 0. The monoisotopic (exact) mass is 267 g/mol. The third kappa shape index (κ3) is 3.78. The Morgan fingerprint density at radius 2 is 2.47 bits per heavy atom. The zero-order valence-corrected chi connectivity index (χ0v) is 11.5. The van der Waals surface area contributed by atoms with Crippen molar-refractivity contribution in [1.29, 1.82) is 0 Å². The van der Waals surface area contributed by atoms with Crippen LogP contribution >= 0.6 is 0 Å². The molecule has 1 aliphatic rings. The summed E-state index contributed by atoms with van der Waals surface area (Å²) in [4.78, 5) is 11.9. The normalized spacial score (nSPS) is 22.6. The molecular formula is C13H21N3O3. The number of rotatable bonds is 6. The van der Waals surface area contributed by atoms with Gasteiger partial charge in [-0.3, -0.25) is 9.48 Å². The van der Waals surface area contributed by atoms with E-state index in [4.69, 9.17) is 9.47 Å². The number of amides is 1. The van der Waals surface area contributed by atoms with E-state index in [9.17, 15) is 4.79 Å². The molecule has 1 aliphatic heterocycles. The summed E-state index contributed by atoms with van der Waals surface area (Å²) < 4.78 is 12.7. The lowest BCUT2D eigenvalue weighted by atomic mass is 10.2. The highest BCUT2D eigenvalue weighted by molar-refractivity contribution is 5.76. The van der Waals surface area contributed by atoms with Crippen molar-refractivity contribution in [3.8, 4) is 0 Å². The number of carbonyl (C=O) groups is 1. The molecule has 1 aromatic heterocycles. The fourth-order valence-corrected chi connectivity index (χ4v) is 2.21. The molecule has 1 saturated heterocycles. The van der Waals surface area contributed by atoms with Gasteiger partial charge in [0.05, 0.1) is 19.3 Å². The van der Waals surface area contributed by atoms with Gasteiger partial charge in [-0.1, -0.05) is 0 Å². The lowest BCUT2D eigenvalue weighted by molar-refractivity contribution is -0.122. The molecule has 0 radical (unpaired) electrons. The number of nitrogens with one attached hydrogen (secondary N) is 1. The van der Waals surface area contributed by atoms with Crippen molar-refractivity contribution in [2.24, 2.45) is 7.05 Å². The molecule has 0 unspecified atom stereocenters. The summed E-state index contributed by atoms with van der Waals surface area (Å²) in [6, 6.07) is 1.90. The fraction of sp³-hybridized carbons (Fsp3) is 0.692. The van der Waals surface area contributed by atoms with Crippen molar-refractivity contribution in [2.45, 2.75) is 31.9 Å². The van der Waals surface area contributed by atoms with Crippen LogP contribution in [0.25, 0.3) is 0 Å². The van der Waals surface area contributed by atoms with Gasteiger partial charge in [0.2, 0.25) is 5.91 Å². The van der Waals surface area contributed by atoms with Gasteiger partial charge >= 0.3 is 0 Å². The number of carbonyl (C=O) groups excluding carboxylic acids is 1. The Kier molecular flexibility index (Phi) is 4.93. The summed E-state index contributed by atoms with van der Waals surface area (Å²) in [6.07, 6.45) is 2.86. The maximum absolute atomic E-state index is 11.9. The van der Waals surface area contributed by atoms with Gasteiger partial charge in [0.1, 0.15) is 6.10 Å². The third-order valence-corrected chi connectivity index (χ3v) is 3.29. The van der Waals surface area contributed by atoms with Crippen LogP contribution in [0.2, 0.25) is 0 Å².